The van der Waals surface area contributed by atoms with Crippen molar-refractivity contribution in [2.75, 3.05) is 5.01 Å². The number of rotatable bonds is 5. The quantitative estimate of drug-likeness (QED) is 0.352. The van der Waals surface area contributed by atoms with Crippen molar-refractivity contribution in [2.24, 2.45) is 5.10 Å². The SMILES string of the molecule is CC1=NN(c2ccc(C(=O)O)cc2)C(=O)/C1=C\c1ccc(-c2ccc([N+](=O)[O-])cc2)s1. The molecule has 0 bridgehead atoms. The van der Waals surface area contributed by atoms with Crippen molar-refractivity contribution >= 4 is 46.4 Å². The van der Waals surface area contributed by atoms with Crippen molar-refractivity contribution < 1.29 is 19.6 Å². The zero-order chi connectivity index (χ0) is 22.1. The van der Waals surface area contributed by atoms with Crippen molar-refractivity contribution in [3.05, 3.63) is 86.8 Å². The second-order valence-electron chi connectivity index (χ2n) is 6.72. The van der Waals surface area contributed by atoms with E-state index in [9.17, 15) is 19.7 Å². The van der Waals surface area contributed by atoms with E-state index < -0.39 is 10.9 Å². The number of hydrogen-bond donors (Lipinski definition) is 1. The molecule has 1 N–H and O–H groups in total. The average Bonchev–Trinajstić information content (AvgIpc) is 3.34. The third kappa shape index (κ3) is 3.99. The topological polar surface area (TPSA) is 113 Å². The number of nitro groups is 1. The van der Waals surface area contributed by atoms with Crippen LogP contribution in [0.25, 0.3) is 16.5 Å². The van der Waals surface area contributed by atoms with Crippen LogP contribution in [0, 0.1) is 10.1 Å². The van der Waals surface area contributed by atoms with E-state index >= 15 is 0 Å². The van der Waals surface area contributed by atoms with Crippen LogP contribution in [0.15, 0.2) is 71.3 Å². The monoisotopic (exact) mass is 433 g/mol. The Hall–Kier alpha value is -4.11. The van der Waals surface area contributed by atoms with Gasteiger partial charge in [-0.2, -0.15) is 10.1 Å². The van der Waals surface area contributed by atoms with E-state index in [0.717, 1.165) is 15.3 Å². The lowest BCUT2D eigenvalue weighted by Gasteiger charge is -2.11. The Morgan fingerprint density at radius 3 is 2.39 bits per heavy atom. The van der Waals surface area contributed by atoms with E-state index in [4.69, 9.17) is 5.11 Å². The first-order valence-corrected chi connectivity index (χ1v) is 9.95. The van der Waals surface area contributed by atoms with E-state index in [-0.39, 0.29) is 17.2 Å². The number of thiophene rings is 1. The Morgan fingerprint density at radius 2 is 1.77 bits per heavy atom. The molecule has 1 aliphatic heterocycles. The fraction of sp³-hybridized carbons (Fsp3) is 0.0455. The Labute approximate surface area is 180 Å². The van der Waals surface area contributed by atoms with Crippen molar-refractivity contribution in [3.63, 3.8) is 0 Å². The Kier molecular flexibility index (Phi) is 5.18. The number of carbonyl (C=O) groups is 2. The second-order valence-corrected chi connectivity index (χ2v) is 7.83. The van der Waals surface area contributed by atoms with Crippen LogP contribution in [0.1, 0.15) is 22.2 Å². The summed E-state index contributed by atoms with van der Waals surface area (Å²) >= 11 is 1.46. The predicted octanol–water partition coefficient (Wildman–Crippen LogP) is 4.83. The van der Waals surface area contributed by atoms with Gasteiger partial charge in [-0.1, -0.05) is 0 Å². The maximum absolute atomic E-state index is 12.9. The van der Waals surface area contributed by atoms with Gasteiger partial charge in [-0.25, -0.2) is 4.79 Å². The second kappa shape index (κ2) is 7.96. The number of amides is 1. The number of carboxylic acids is 1. The number of nitrogens with zero attached hydrogens (tertiary/aromatic N) is 3. The Morgan fingerprint density at radius 1 is 1.10 bits per heavy atom. The number of hydrogen-bond acceptors (Lipinski definition) is 6. The first-order chi connectivity index (χ1) is 14.8. The fourth-order valence-corrected chi connectivity index (χ4v) is 4.04. The Bertz CT molecular complexity index is 1260. The first-order valence-electron chi connectivity index (χ1n) is 9.13. The molecular weight excluding hydrogens is 418 g/mol. The molecule has 154 valence electrons. The van der Waals surface area contributed by atoms with E-state index in [1.165, 1.54) is 40.6 Å². The number of benzene rings is 2. The molecule has 0 radical (unpaired) electrons. The number of nitro benzene ring substituents is 1. The summed E-state index contributed by atoms with van der Waals surface area (Å²) in [4.78, 5) is 36.0. The molecule has 0 atom stereocenters. The molecule has 2 heterocycles. The van der Waals surface area contributed by atoms with E-state index in [1.807, 2.05) is 12.1 Å². The smallest absolute Gasteiger partial charge is 0.335 e. The summed E-state index contributed by atoms with van der Waals surface area (Å²) in [5, 5.41) is 25.4. The summed E-state index contributed by atoms with van der Waals surface area (Å²) in [6.45, 7) is 1.74. The van der Waals surface area contributed by atoms with Crippen LogP contribution in [-0.2, 0) is 4.79 Å². The van der Waals surface area contributed by atoms with Gasteiger partial charge in [0.1, 0.15) is 0 Å². The fourth-order valence-electron chi connectivity index (χ4n) is 3.08. The van der Waals surface area contributed by atoms with E-state index in [2.05, 4.69) is 5.10 Å². The summed E-state index contributed by atoms with van der Waals surface area (Å²) in [6.07, 6.45) is 1.76. The van der Waals surface area contributed by atoms with Crippen LogP contribution in [0.5, 0.6) is 0 Å². The molecule has 0 saturated carbocycles. The van der Waals surface area contributed by atoms with Crippen LogP contribution >= 0.6 is 11.3 Å². The van der Waals surface area contributed by atoms with Gasteiger partial charge in [-0.05, 0) is 67.1 Å². The number of carboxylic acid groups (broad SMARTS) is 1. The minimum atomic E-state index is -1.04. The molecule has 4 rings (SSSR count). The van der Waals surface area contributed by atoms with E-state index in [1.54, 1.807) is 37.3 Å². The maximum Gasteiger partial charge on any atom is 0.335 e. The highest BCUT2D eigenvalue weighted by Crippen LogP contribution is 2.32. The van der Waals surface area contributed by atoms with Crippen molar-refractivity contribution in [3.8, 4) is 10.4 Å². The summed E-state index contributed by atoms with van der Waals surface area (Å²) in [6, 6.07) is 16.0. The van der Waals surface area contributed by atoms with Gasteiger partial charge in [-0.3, -0.25) is 14.9 Å². The Balaban J connectivity index is 1.57. The molecule has 0 unspecified atom stereocenters. The van der Waals surface area contributed by atoms with Crippen LogP contribution < -0.4 is 5.01 Å². The predicted molar refractivity (Wildman–Crippen MR) is 118 cm³/mol. The zero-order valence-electron chi connectivity index (χ0n) is 16.2. The van der Waals surface area contributed by atoms with Crippen LogP contribution in [-0.4, -0.2) is 27.6 Å². The lowest BCUT2D eigenvalue weighted by Crippen LogP contribution is -2.21. The average molecular weight is 433 g/mol. The third-order valence-corrected chi connectivity index (χ3v) is 5.78. The van der Waals surface area contributed by atoms with Gasteiger partial charge in [0.2, 0.25) is 0 Å². The summed E-state index contributed by atoms with van der Waals surface area (Å²) < 4.78 is 0. The van der Waals surface area contributed by atoms with Crippen LogP contribution in [0.2, 0.25) is 0 Å². The molecule has 0 aliphatic carbocycles. The largest absolute Gasteiger partial charge is 0.478 e. The molecular formula is C22H15N3O5S. The lowest BCUT2D eigenvalue weighted by atomic mass is 10.1. The lowest BCUT2D eigenvalue weighted by molar-refractivity contribution is -0.384. The highest BCUT2D eigenvalue weighted by Gasteiger charge is 2.29. The molecule has 0 saturated heterocycles. The number of anilines is 1. The molecule has 31 heavy (non-hydrogen) atoms. The maximum atomic E-state index is 12.9. The van der Waals surface area contributed by atoms with Crippen molar-refractivity contribution in [1.82, 2.24) is 0 Å². The molecule has 1 aromatic heterocycles. The first kappa shape index (κ1) is 20.2. The van der Waals surface area contributed by atoms with Gasteiger partial charge in [0, 0.05) is 21.9 Å². The van der Waals surface area contributed by atoms with E-state index in [0.29, 0.717) is 17.0 Å². The normalized spacial score (nSPS) is 14.7. The summed E-state index contributed by atoms with van der Waals surface area (Å²) in [7, 11) is 0. The number of carbonyl (C=O) groups excluding carboxylic acids is 1. The minimum Gasteiger partial charge on any atom is -0.478 e. The number of aromatic carboxylic acids is 1. The molecule has 1 aliphatic rings. The molecule has 8 nitrogen and oxygen atoms in total. The molecule has 2 aromatic carbocycles. The molecule has 0 fully saturated rings. The third-order valence-electron chi connectivity index (χ3n) is 4.70. The minimum absolute atomic E-state index is 0.0301. The molecule has 0 spiro atoms. The van der Waals surface area contributed by atoms with Gasteiger partial charge in [0.05, 0.1) is 27.5 Å². The highest BCUT2D eigenvalue weighted by molar-refractivity contribution is 7.16. The van der Waals surface area contributed by atoms with Crippen LogP contribution in [0.3, 0.4) is 0 Å². The van der Waals surface area contributed by atoms with Gasteiger partial charge in [-0.15, -0.1) is 11.3 Å². The zero-order valence-corrected chi connectivity index (χ0v) is 17.0. The van der Waals surface area contributed by atoms with Crippen LogP contribution in [0.4, 0.5) is 11.4 Å². The highest BCUT2D eigenvalue weighted by atomic mass is 32.1. The summed E-state index contributed by atoms with van der Waals surface area (Å²) in [5.41, 5.74) is 2.49. The molecule has 1 amide bonds. The van der Waals surface area contributed by atoms with Gasteiger partial charge >= 0.3 is 5.97 Å². The molecule has 3 aromatic rings. The van der Waals surface area contributed by atoms with Gasteiger partial charge < -0.3 is 5.11 Å². The van der Waals surface area contributed by atoms with Gasteiger partial charge in [0.15, 0.2) is 0 Å². The number of hydrazone groups is 1. The molecule has 9 heteroatoms. The van der Waals surface area contributed by atoms with Crippen molar-refractivity contribution in [2.45, 2.75) is 6.92 Å². The summed E-state index contributed by atoms with van der Waals surface area (Å²) in [5.74, 6) is -1.34. The number of non-ortho nitro benzene ring substituents is 1. The standard InChI is InChI=1S/C22H15N3O5S/c1-13-19(21(26)24(23-13)16-6-4-15(5-7-16)22(27)28)12-18-10-11-20(31-18)14-2-8-17(9-3-14)25(29)30/h2-12H,1H3,(H,27,28)/b19-12-. The van der Waals surface area contributed by atoms with Crippen molar-refractivity contribution in [1.29, 1.82) is 0 Å². The van der Waals surface area contributed by atoms with Gasteiger partial charge in [0.25, 0.3) is 11.6 Å².